The van der Waals surface area contributed by atoms with E-state index >= 15 is 0 Å². The fraction of sp³-hybridized carbons (Fsp3) is 0.833. The Morgan fingerprint density at radius 3 is 2.69 bits per heavy atom. The van der Waals surface area contributed by atoms with Crippen molar-refractivity contribution in [3.63, 3.8) is 0 Å². The smallest absolute Gasteiger partial charge is 0.147 e. The van der Waals surface area contributed by atoms with Gasteiger partial charge >= 0.3 is 0 Å². The van der Waals surface area contributed by atoms with Crippen molar-refractivity contribution < 1.29 is 0 Å². The number of rotatable bonds is 5. The lowest BCUT2D eigenvalue weighted by atomic mass is 9.79. The number of aromatic nitrogens is 3. The molecule has 0 aliphatic heterocycles. The van der Waals surface area contributed by atoms with Gasteiger partial charge in [0.25, 0.3) is 0 Å². The Kier molecular flexibility index (Phi) is 3.59. The number of hydrogen-bond acceptors (Lipinski definition) is 3. The van der Waals surface area contributed by atoms with Gasteiger partial charge in [0.1, 0.15) is 11.6 Å². The molecular weight excluding hydrogens is 200 g/mol. The van der Waals surface area contributed by atoms with Crippen molar-refractivity contribution in [2.45, 2.75) is 46.1 Å². The average Bonchev–Trinajstić information content (AvgIpc) is 2.51. The van der Waals surface area contributed by atoms with E-state index in [-0.39, 0.29) is 0 Å². The van der Waals surface area contributed by atoms with Gasteiger partial charge < -0.3 is 5.32 Å². The predicted octanol–water partition coefficient (Wildman–Crippen LogP) is 1.85. The zero-order valence-electron chi connectivity index (χ0n) is 10.5. The molecule has 0 aromatic carbocycles. The van der Waals surface area contributed by atoms with E-state index in [0.717, 1.165) is 30.7 Å². The van der Waals surface area contributed by atoms with Crippen LogP contribution in [0, 0.1) is 19.8 Å². The summed E-state index contributed by atoms with van der Waals surface area (Å²) in [7, 11) is 0. The summed E-state index contributed by atoms with van der Waals surface area (Å²) in [5, 5.41) is 7.99. The number of hydrogen-bond donors (Lipinski definition) is 1. The van der Waals surface area contributed by atoms with E-state index in [1.54, 1.807) is 0 Å². The molecule has 1 saturated carbocycles. The van der Waals surface area contributed by atoms with Crippen molar-refractivity contribution in [3.8, 4) is 0 Å². The summed E-state index contributed by atoms with van der Waals surface area (Å²) in [5.41, 5.74) is 0. The fourth-order valence-corrected chi connectivity index (χ4v) is 2.43. The topological polar surface area (TPSA) is 42.7 Å². The molecule has 1 aromatic heterocycles. The summed E-state index contributed by atoms with van der Waals surface area (Å²) in [6.45, 7) is 8.47. The second-order valence-electron chi connectivity index (χ2n) is 4.76. The summed E-state index contributed by atoms with van der Waals surface area (Å²) in [6.07, 6.45) is 3.78. The first-order valence-electron chi connectivity index (χ1n) is 6.32. The van der Waals surface area contributed by atoms with Gasteiger partial charge in [-0.2, -0.15) is 5.10 Å². The molecule has 2 unspecified atom stereocenters. The molecule has 1 N–H and O–H groups in total. The average molecular weight is 222 g/mol. The van der Waals surface area contributed by atoms with Crippen LogP contribution in [-0.2, 0) is 0 Å². The highest BCUT2D eigenvalue weighted by Gasteiger charge is 2.33. The maximum atomic E-state index is 4.49. The van der Waals surface area contributed by atoms with Crippen molar-refractivity contribution in [2.24, 2.45) is 5.92 Å². The van der Waals surface area contributed by atoms with Gasteiger partial charge in [0, 0.05) is 0 Å². The Morgan fingerprint density at radius 2 is 2.19 bits per heavy atom. The fourth-order valence-electron chi connectivity index (χ4n) is 2.43. The third kappa shape index (κ3) is 2.26. The molecule has 4 nitrogen and oxygen atoms in total. The van der Waals surface area contributed by atoms with Gasteiger partial charge in [0.2, 0.25) is 0 Å². The maximum absolute atomic E-state index is 4.49. The van der Waals surface area contributed by atoms with Crippen molar-refractivity contribution in [3.05, 3.63) is 11.6 Å². The second kappa shape index (κ2) is 4.95. The first kappa shape index (κ1) is 11.6. The summed E-state index contributed by atoms with van der Waals surface area (Å²) >= 11 is 0. The van der Waals surface area contributed by atoms with Crippen LogP contribution in [0.15, 0.2) is 0 Å². The van der Waals surface area contributed by atoms with Crippen molar-refractivity contribution in [2.75, 3.05) is 13.1 Å². The van der Waals surface area contributed by atoms with Gasteiger partial charge in [0.05, 0.1) is 6.04 Å². The quantitative estimate of drug-likeness (QED) is 0.773. The van der Waals surface area contributed by atoms with E-state index < -0.39 is 0 Å². The highest BCUT2D eigenvalue weighted by Crippen LogP contribution is 2.38. The molecule has 0 spiro atoms. The third-order valence-corrected chi connectivity index (χ3v) is 3.43. The summed E-state index contributed by atoms with van der Waals surface area (Å²) in [5.74, 6) is 2.69. The van der Waals surface area contributed by atoms with Gasteiger partial charge in [-0.05, 0) is 52.1 Å². The zero-order chi connectivity index (χ0) is 11.5. The van der Waals surface area contributed by atoms with Gasteiger partial charge in [-0.15, -0.1) is 0 Å². The molecular formula is C12H22N4. The van der Waals surface area contributed by atoms with Crippen LogP contribution in [0.1, 0.15) is 43.9 Å². The lowest BCUT2D eigenvalue weighted by Gasteiger charge is -2.37. The molecule has 0 saturated heterocycles. The maximum Gasteiger partial charge on any atom is 0.147 e. The molecule has 1 aromatic rings. The van der Waals surface area contributed by atoms with E-state index in [2.05, 4.69) is 33.9 Å². The van der Waals surface area contributed by atoms with Crippen LogP contribution in [0.25, 0.3) is 0 Å². The Hall–Kier alpha value is -0.900. The van der Waals surface area contributed by atoms with Crippen molar-refractivity contribution in [1.82, 2.24) is 20.1 Å². The van der Waals surface area contributed by atoms with Crippen LogP contribution in [0.2, 0.25) is 0 Å². The van der Waals surface area contributed by atoms with E-state index in [1.807, 2.05) is 6.92 Å². The van der Waals surface area contributed by atoms with Gasteiger partial charge in [0.15, 0.2) is 0 Å². The minimum absolute atomic E-state index is 0.575. The summed E-state index contributed by atoms with van der Waals surface area (Å²) in [4.78, 5) is 4.38. The molecule has 1 aliphatic carbocycles. The molecule has 90 valence electrons. The first-order valence-corrected chi connectivity index (χ1v) is 6.32. The first-order chi connectivity index (χ1) is 7.72. The lowest BCUT2D eigenvalue weighted by Crippen LogP contribution is -2.38. The van der Waals surface area contributed by atoms with E-state index in [9.17, 15) is 0 Å². The minimum Gasteiger partial charge on any atom is -0.316 e. The number of nitrogens with zero attached hydrogens (tertiary/aromatic N) is 3. The standard InChI is InChI=1S/C12H22N4/c1-4-7-13-8-11-5-6-12(11)16-10(3)14-9(2)15-16/h11-13H,4-8H2,1-3H3. The van der Waals surface area contributed by atoms with Crippen LogP contribution in [0.5, 0.6) is 0 Å². The predicted molar refractivity (Wildman–Crippen MR) is 64.4 cm³/mol. The number of nitrogens with one attached hydrogen (secondary N) is 1. The Morgan fingerprint density at radius 1 is 1.38 bits per heavy atom. The number of aryl methyl sites for hydroxylation is 2. The lowest BCUT2D eigenvalue weighted by molar-refractivity contribution is 0.160. The highest BCUT2D eigenvalue weighted by atomic mass is 15.4. The van der Waals surface area contributed by atoms with Gasteiger partial charge in [-0.3, -0.25) is 0 Å². The highest BCUT2D eigenvalue weighted by molar-refractivity contribution is 4.95. The normalized spacial score (nSPS) is 24.4. The molecule has 1 aliphatic rings. The van der Waals surface area contributed by atoms with Crippen LogP contribution < -0.4 is 5.32 Å². The molecule has 16 heavy (non-hydrogen) atoms. The molecule has 0 amide bonds. The minimum atomic E-state index is 0.575. The summed E-state index contributed by atoms with van der Waals surface area (Å²) in [6, 6.07) is 0.575. The molecule has 2 atom stereocenters. The third-order valence-electron chi connectivity index (χ3n) is 3.43. The zero-order valence-corrected chi connectivity index (χ0v) is 10.5. The molecule has 0 radical (unpaired) electrons. The van der Waals surface area contributed by atoms with Crippen LogP contribution in [0.4, 0.5) is 0 Å². The molecule has 1 heterocycles. The second-order valence-corrected chi connectivity index (χ2v) is 4.76. The SMILES string of the molecule is CCCNCC1CCC1n1nc(C)nc1C. The Balaban J connectivity index is 1.92. The Bertz CT molecular complexity index is 345. The molecule has 2 rings (SSSR count). The van der Waals surface area contributed by atoms with E-state index in [1.165, 1.54) is 19.3 Å². The van der Waals surface area contributed by atoms with Crippen molar-refractivity contribution >= 4 is 0 Å². The summed E-state index contributed by atoms with van der Waals surface area (Å²) < 4.78 is 2.12. The van der Waals surface area contributed by atoms with E-state index in [0.29, 0.717) is 6.04 Å². The van der Waals surface area contributed by atoms with Gasteiger partial charge in [-0.1, -0.05) is 6.92 Å². The van der Waals surface area contributed by atoms with E-state index in [4.69, 9.17) is 0 Å². The van der Waals surface area contributed by atoms with Crippen LogP contribution in [0.3, 0.4) is 0 Å². The van der Waals surface area contributed by atoms with Crippen LogP contribution in [-0.4, -0.2) is 27.9 Å². The van der Waals surface area contributed by atoms with Crippen molar-refractivity contribution in [1.29, 1.82) is 0 Å². The molecule has 4 heteroatoms. The Labute approximate surface area is 97.5 Å². The monoisotopic (exact) mass is 222 g/mol. The van der Waals surface area contributed by atoms with Gasteiger partial charge in [-0.25, -0.2) is 9.67 Å². The molecule has 1 fully saturated rings. The molecule has 0 bridgehead atoms. The van der Waals surface area contributed by atoms with Crippen LogP contribution >= 0.6 is 0 Å². The largest absolute Gasteiger partial charge is 0.316 e.